The Morgan fingerprint density at radius 2 is 2.00 bits per heavy atom. The Morgan fingerprint density at radius 3 is 2.70 bits per heavy atom. The zero-order valence-corrected chi connectivity index (χ0v) is 12.9. The average Bonchev–Trinajstić information content (AvgIpc) is 2.72. The fraction of sp³-hybridized carbons (Fsp3) is 0.647. The summed E-state index contributed by atoms with van der Waals surface area (Å²) in [6, 6.07) is 9.20. The van der Waals surface area contributed by atoms with E-state index in [0.29, 0.717) is 6.04 Å². The molecule has 1 fully saturated rings. The molecule has 3 nitrogen and oxygen atoms in total. The van der Waals surface area contributed by atoms with Gasteiger partial charge in [-0.2, -0.15) is 0 Å². The quantitative estimate of drug-likeness (QED) is 0.861. The second kappa shape index (κ2) is 8.15. The van der Waals surface area contributed by atoms with Crippen LogP contribution in [0.5, 0.6) is 5.75 Å². The number of hydrogen-bond acceptors (Lipinski definition) is 3. The summed E-state index contributed by atoms with van der Waals surface area (Å²) in [6.07, 6.45) is 4.77. The van der Waals surface area contributed by atoms with Crippen LogP contribution in [0.2, 0.25) is 0 Å². The molecule has 0 radical (unpaired) electrons. The lowest BCUT2D eigenvalue weighted by Crippen LogP contribution is -2.37. The number of rotatable bonds is 6. The van der Waals surface area contributed by atoms with Crippen LogP contribution in [0, 0.1) is 0 Å². The Bertz CT molecular complexity index is 377. The Labute approximate surface area is 123 Å². The molecular weight excluding hydrogens is 248 g/mol. The standard InChI is InChI=1S/C17H28N2O/c1-3-6-15-14-19(12-5-11-18-15)16-7-9-17(10-8-16)20-13-4-2/h7-10,15,18H,3-6,11-14H2,1-2H3. The Kier molecular flexibility index (Phi) is 6.19. The van der Waals surface area contributed by atoms with Crippen molar-refractivity contribution in [3.05, 3.63) is 24.3 Å². The molecule has 1 atom stereocenters. The van der Waals surface area contributed by atoms with Gasteiger partial charge in [-0.05, 0) is 50.1 Å². The lowest BCUT2D eigenvalue weighted by molar-refractivity contribution is 0.317. The first-order valence-corrected chi connectivity index (χ1v) is 8.04. The van der Waals surface area contributed by atoms with Crippen LogP contribution in [-0.2, 0) is 0 Å². The third kappa shape index (κ3) is 4.41. The number of nitrogens with zero attached hydrogens (tertiary/aromatic N) is 1. The van der Waals surface area contributed by atoms with E-state index in [9.17, 15) is 0 Å². The molecule has 0 spiro atoms. The van der Waals surface area contributed by atoms with E-state index in [-0.39, 0.29) is 0 Å². The topological polar surface area (TPSA) is 24.5 Å². The van der Waals surface area contributed by atoms with E-state index < -0.39 is 0 Å². The van der Waals surface area contributed by atoms with E-state index in [1.807, 2.05) is 0 Å². The number of anilines is 1. The zero-order valence-electron chi connectivity index (χ0n) is 12.9. The molecule has 0 bridgehead atoms. The van der Waals surface area contributed by atoms with Crippen LogP contribution in [0.25, 0.3) is 0 Å². The molecule has 1 aromatic carbocycles. The van der Waals surface area contributed by atoms with E-state index in [1.54, 1.807) is 0 Å². The van der Waals surface area contributed by atoms with Crippen molar-refractivity contribution in [1.82, 2.24) is 5.32 Å². The van der Waals surface area contributed by atoms with E-state index in [2.05, 4.69) is 48.3 Å². The Morgan fingerprint density at radius 1 is 1.20 bits per heavy atom. The first-order valence-electron chi connectivity index (χ1n) is 8.04. The number of hydrogen-bond donors (Lipinski definition) is 1. The molecule has 1 saturated heterocycles. The fourth-order valence-corrected chi connectivity index (χ4v) is 2.75. The zero-order chi connectivity index (χ0) is 14.2. The molecule has 3 heteroatoms. The first kappa shape index (κ1) is 15.2. The predicted octanol–water partition coefficient (Wildman–Crippen LogP) is 3.44. The minimum atomic E-state index is 0.624. The molecule has 1 aliphatic heterocycles. The molecule has 0 aromatic heterocycles. The molecule has 0 aliphatic carbocycles. The second-order valence-electron chi connectivity index (χ2n) is 5.58. The van der Waals surface area contributed by atoms with E-state index >= 15 is 0 Å². The van der Waals surface area contributed by atoms with Crippen LogP contribution in [0.1, 0.15) is 39.5 Å². The van der Waals surface area contributed by atoms with Crippen molar-refractivity contribution < 1.29 is 4.74 Å². The Balaban J connectivity index is 1.97. The van der Waals surface area contributed by atoms with Gasteiger partial charge in [0.05, 0.1) is 6.61 Å². The van der Waals surface area contributed by atoms with Gasteiger partial charge in [-0.1, -0.05) is 20.3 Å². The van der Waals surface area contributed by atoms with Crippen LogP contribution < -0.4 is 15.0 Å². The molecule has 1 unspecified atom stereocenters. The van der Waals surface area contributed by atoms with Gasteiger partial charge in [-0.25, -0.2) is 0 Å². The molecule has 0 amide bonds. The highest BCUT2D eigenvalue weighted by atomic mass is 16.5. The minimum absolute atomic E-state index is 0.624. The van der Waals surface area contributed by atoms with Crippen LogP contribution in [0.4, 0.5) is 5.69 Å². The first-order chi connectivity index (χ1) is 9.83. The van der Waals surface area contributed by atoms with Gasteiger partial charge in [-0.3, -0.25) is 0 Å². The Hall–Kier alpha value is -1.22. The lowest BCUT2D eigenvalue weighted by Gasteiger charge is -2.26. The van der Waals surface area contributed by atoms with Crippen molar-refractivity contribution in [2.24, 2.45) is 0 Å². The molecular formula is C17H28N2O. The molecule has 1 heterocycles. The van der Waals surface area contributed by atoms with E-state index in [4.69, 9.17) is 4.74 Å². The molecule has 20 heavy (non-hydrogen) atoms. The summed E-state index contributed by atoms with van der Waals surface area (Å²) < 4.78 is 5.65. The van der Waals surface area contributed by atoms with Crippen molar-refractivity contribution in [3.8, 4) is 5.75 Å². The summed E-state index contributed by atoms with van der Waals surface area (Å²) >= 11 is 0. The van der Waals surface area contributed by atoms with Crippen molar-refractivity contribution in [2.45, 2.75) is 45.6 Å². The molecule has 1 N–H and O–H groups in total. The summed E-state index contributed by atoms with van der Waals surface area (Å²) in [4.78, 5) is 2.50. The van der Waals surface area contributed by atoms with E-state index in [1.165, 1.54) is 24.9 Å². The van der Waals surface area contributed by atoms with Gasteiger partial charge in [0.25, 0.3) is 0 Å². The molecule has 112 valence electrons. The second-order valence-corrected chi connectivity index (χ2v) is 5.58. The third-order valence-electron chi connectivity index (χ3n) is 3.79. The van der Waals surface area contributed by atoms with Crippen molar-refractivity contribution >= 4 is 5.69 Å². The fourth-order valence-electron chi connectivity index (χ4n) is 2.75. The maximum Gasteiger partial charge on any atom is 0.119 e. The van der Waals surface area contributed by atoms with Gasteiger partial charge >= 0.3 is 0 Å². The molecule has 1 aromatic rings. The molecule has 1 aliphatic rings. The van der Waals surface area contributed by atoms with Crippen molar-refractivity contribution in [3.63, 3.8) is 0 Å². The summed E-state index contributed by atoms with van der Waals surface area (Å²) in [7, 11) is 0. The molecule has 2 rings (SSSR count). The SMILES string of the molecule is CCCOc1ccc(N2CCCNC(CCC)C2)cc1. The van der Waals surface area contributed by atoms with Gasteiger partial charge in [0.2, 0.25) is 0 Å². The lowest BCUT2D eigenvalue weighted by atomic mass is 10.1. The van der Waals surface area contributed by atoms with Crippen LogP contribution in [-0.4, -0.2) is 32.3 Å². The highest BCUT2D eigenvalue weighted by Gasteiger charge is 2.17. The average molecular weight is 276 g/mol. The van der Waals surface area contributed by atoms with Gasteiger partial charge in [-0.15, -0.1) is 0 Å². The van der Waals surface area contributed by atoms with Crippen LogP contribution >= 0.6 is 0 Å². The number of ether oxygens (including phenoxy) is 1. The normalized spacial score (nSPS) is 19.7. The van der Waals surface area contributed by atoms with Gasteiger partial charge < -0.3 is 15.0 Å². The van der Waals surface area contributed by atoms with Crippen LogP contribution in [0.3, 0.4) is 0 Å². The van der Waals surface area contributed by atoms with Gasteiger partial charge in [0.15, 0.2) is 0 Å². The highest BCUT2D eigenvalue weighted by molar-refractivity contribution is 5.49. The maximum atomic E-state index is 5.65. The van der Waals surface area contributed by atoms with E-state index in [0.717, 1.165) is 38.4 Å². The highest BCUT2D eigenvalue weighted by Crippen LogP contribution is 2.21. The van der Waals surface area contributed by atoms with Gasteiger partial charge in [0.1, 0.15) is 5.75 Å². The number of nitrogens with one attached hydrogen (secondary N) is 1. The summed E-state index contributed by atoms with van der Waals surface area (Å²) in [5.41, 5.74) is 1.32. The summed E-state index contributed by atoms with van der Waals surface area (Å²) in [5.74, 6) is 0.980. The monoisotopic (exact) mass is 276 g/mol. The number of benzene rings is 1. The van der Waals surface area contributed by atoms with Crippen LogP contribution in [0.15, 0.2) is 24.3 Å². The van der Waals surface area contributed by atoms with Gasteiger partial charge in [0, 0.05) is 24.8 Å². The maximum absolute atomic E-state index is 5.65. The minimum Gasteiger partial charge on any atom is -0.494 e. The van der Waals surface area contributed by atoms with Crippen molar-refractivity contribution in [2.75, 3.05) is 31.1 Å². The smallest absolute Gasteiger partial charge is 0.119 e. The summed E-state index contributed by atoms with van der Waals surface area (Å²) in [5, 5.41) is 3.66. The molecule has 0 saturated carbocycles. The van der Waals surface area contributed by atoms with Crippen molar-refractivity contribution in [1.29, 1.82) is 0 Å². The summed E-state index contributed by atoms with van der Waals surface area (Å²) in [6.45, 7) is 8.58. The third-order valence-corrected chi connectivity index (χ3v) is 3.79. The predicted molar refractivity (Wildman–Crippen MR) is 85.8 cm³/mol. The largest absolute Gasteiger partial charge is 0.494 e.